The molecule has 2 amide bonds. The third-order valence-corrected chi connectivity index (χ3v) is 9.01. The molecule has 9 nitrogen and oxygen atoms in total. The van der Waals surface area contributed by atoms with Gasteiger partial charge in [-0.15, -0.1) is 0 Å². The van der Waals surface area contributed by atoms with Gasteiger partial charge in [0.15, 0.2) is 0 Å². The molecule has 0 fully saturated rings. The average Bonchev–Trinajstić information content (AvgIpc) is 2.96. The lowest BCUT2D eigenvalue weighted by atomic mass is 9.63. The number of sulfonamides is 1. The molecule has 0 aliphatic heterocycles. The Morgan fingerprint density at radius 2 is 1.64 bits per heavy atom. The summed E-state index contributed by atoms with van der Waals surface area (Å²) in [5.74, 6) is -3.50. The zero-order valence-electron chi connectivity index (χ0n) is 26.1. The third-order valence-electron chi connectivity index (χ3n) is 8.08. The van der Waals surface area contributed by atoms with Gasteiger partial charge in [-0.25, -0.2) is 22.3 Å². The number of benzene rings is 2. The van der Waals surface area contributed by atoms with E-state index in [9.17, 15) is 31.9 Å². The fraction of sp³-hybridized carbons (Fsp3) is 0.455. The first kappa shape index (κ1) is 36.0. The Morgan fingerprint density at radius 3 is 2.18 bits per heavy atom. The van der Waals surface area contributed by atoms with Crippen molar-refractivity contribution in [3.63, 3.8) is 0 Å². The summed E-state index contributed by atoms with van der Waals surface area (Å²) in [6.07, 6.45) is 4.01. The van der Waals surface area contributed by atoms with Gasteiger partial charge >= 0.3 is 0 Å². The number of hydrogen-bond donors (Lipinski definition) is 4. The summed E-state index contributed by atoms with van der Waals surface area (Å²) < 4.78 is 51.5. The number of nitrogens with zero attached hydrogens (tertiary/aromatic N) is 1. The number of aliphatic hydroxyl groups is 1. The van der Waals surface area contributed by atoms with Gasteiger partial charge in [0.1, 0.15) is 11.6 Å². The van der Waals surface area contributed by atoms with E-state index in [1.54, 1.807) is 36.1 Å². The van der Waals surface area contributed by atoms with Crippen molar-refractivity contribution in [1.29, 1.82) is 0 Å². The number of primary sulfonamides is 1. The van der Waals surface area contributed by atoms with E-state index in [1.807, 2.05) is 13.8 Å². The number of hydrogen-bond acceptors (Lipinski definition) is 6. The number of allylic oxidation sites excluding steroid dienone is 2. The van der Waals surface area contributed by atoms with E-state index in [0.717, 1.165) is 36.6 Å². The zero-order valence-corrected chi connectivity index (χ0v) is 26.9. The minimum Gasteiger partial charge on any atom is -0.391 e. The lowest BCUT2D eigenvalue weighted by molar-refractivity contribution is -0.132. The number of carbonyl (C=O) groups excluding carboxylic acids is 2. The van der Waals surface area contributed by atoms with Crippen LogP contribution in [0.5, 0.6) is 0 Å². The molecule has 0 heterocycles. The summed E-state index contributed by atoms with van der Waals surface area (Å²) in [7, 11) is -3.81. The van der Waals surface area contributed by atoms with Crippen LogP contribution in [0.3, 0.4) is 0 Å². The van der Waals surface area contributed by atoms with E-state index >= 15 is 0 Å². The first-order valence-electron chi connectivity index (χ1n) is 15.1. The van der Waals surface area contributed by atoms with Crippen molar-refractivity contribution in [3.8, 4) is 0 Å². The van der Waals surface area contributed by atoms with Crippen molar-refractivity contribution < 1.29 is 31.9 Å². The van der Waals surface area contributed by atoms with Crippen molar-refractivity contribution in [2.24, 2.45) is 22.2 Å². The van der Waals surface area contributed by atoms with Crippen molar-refractivity contribution >= 4 is 21.8 Å². The Hall–Kier alpha value is -3.45. The van der Waals surface area contributed by atoms with Gasteiger partial charge in [-0.3, -0.25) is 9.59 Å². The molecular formula is C33H44F2N4O5S. The van der Waals surface area contributed by atoms with Gasteiger partial charge in [-0.05, 0) is 81.0 Å². The standard InChI is InChI=1S/C33H44F2N4O5S/c1-4-12-39(13-5-2)31(41)25-14-22(3)19-33(20-25,32(36)42)29(17-24-15-26(34)18-27(35)16-24)30(40)21-38-11-10-23-6-8-28(9-7-23)45(37,43)44/h6-9,14-16,18-19,29-30,38,40H,4-5,10-13,17,20-21H2,1-3H3,(H2,36,42)(H2,37,43,44)/t29-,30+,33?/m1/s1. The van der Waals surface area contributed by atoms with Crippen molar-refractivity contribution in [1.82, 2.24) is 10.2 Å². The van der Waals surface area contributed by atoms with Crippen LogP contribution in [0, 0.1) is 23.0 Å². The van der Waals surface area contributed by atoms with E-state index in [4.69, 9.17) is 10.9 Å². The summed E-state index contributed by atoms with van der Waals surface area (Å²) in [4.78, 5) is 28.8. The highest BCUT2D eigenvalue weighted by Gasteiger charge is 2.48. The highest BCUT2D eigenvalue weighted by atomic mass is 32.2. The second kappa shape index (κ2) is 15.7. The maximum atomic E-state index is 14.2. The molecule has 0 aromatic heterocycles. The van der Waals surface area contributed by atoms with Gasteiger partial charge in [-0.2, -0.15) is 0 Å². The summed E-state index contributed by atoms with van der Waals surface area (Å²) in [5.41, 5.74) is 6.62. The number of rotatable bonds is 16. The molecule has 0 spiro atoms. The molecule has 45 heavy (non-hydrogen) atoms. The Balaban J connectivity index is 1.90. The SMILES string of the molecule is CCCN(CCC)C(=O)C1=CC(C)=CC(C(N)=O)([C@H](Cc2cc(F)cc(F)c2)[C@@H](O)CNCCc2ccc(S(N)(=O)=O)cc2)C1. The molecule has 0 saturated carbocycles. The number of nitrogens with one attached hydrogen (secondary N) is 1. The number of carbonyl (C=O) groups is 2. The van der Waals surface area contributed by atoms with E-state index < -0.39 is 45.0 Å². The summed E-state index contributed by atoms with van der Waals surface area (Å²) in [6.45, 7) is 7.17. The van der Waals surface area contributed by atoms with E-state index in [0.29, 0.717) is 37.2 Å². The predicted molar refractivity (Wildman–Crippen MR) is 169 cm³/mol. The van der Waals surface area contributed by atoms with Gasteiger partial charge < -0.3 is 21.1 Å². The number of nitrogens with two attached hydrogens (primary N) is 2. The van der Waals surface area contributed by atoms with Crippen LogP contribution in [0.4, 0.5) is 8.78 Å². The van der Waals surface area contributed by atoms with Gasteiger partial charge in [0.25, 0.3) is 0 Å². The van der Waals surface area contributed by atoms with Crippen LogP contribution in [0.1, 0.15) is 51.2 Å². The predicted octanol–water partition coefficient (Wildman–Crippen LogP) is 3.36. The van der Waals surface area contributed by atoms with E-state index in [2.05, 4.69) is 5.32 Å². The van der Waals surface area contributed by atoms with Crippen molar-refractivity contribution in [2.75, 3.05) is 26.2 Å². The molecule has 0 bridgehead atoms. The van der Waals surface area contributed by atoms with Crippen LogP contribution in [-0.2, 0) is 32.5 Å². The Bertz CT molecular complexity index is 1500. The van der Waals surface area contributed by atoms with E-state index in [-0.39, 0.29) is 35.8 Å². The minimum atomic E-state index is -3.81. The number of halogens is 2. The molecule has 0 radical (unpaired) electrons. The number of primary amides is 1. The smallest absolute Gasteiger partial charge is 0.249 e. The molecule has 3 rings (SSSR count). The van der Waals surface area contributed by atoms with Crippen LogP contribution in [0.2, 0.25) is 0 Å². The Kier molecular flexibility index (Phi) is 12.6. The lowest BCUT2D eigenvalue weighted by Crippen LogP contribution is -2.52. The molecule has 246 valence electrons. The Morgan fingerprint density at radius 1 is 1.04 bits per heavy atom. The van der Waals surface area contributed by atoms with Crippen molar-refractivity contribution in [3.05, 3.63) is 88.5 Å². The van der Waals surface area contributed by atoms with Crippen molar-refractivity contribution in [2.45, 2.75) is 63.9 Å². The first-order chi connectivity index (χ1) is 21.2. The number of aliphatic hydroxyl groups excluding tert-OH is 1. The topological polar surface area (TPSA) is 156 Å². The molecule has 3 atom stereocenters. The summed E-state index contributed by atoms with van der Waals surface area (Å²) >= 11 is 0. The molecule has 6 N–H and O–H groups in total. The van der Waals surface area contributed by atoms with Crippen LogP contribution in [0.25, 0.3) is 0 Å². The average molecular weight is 647 g/mol. The molecule has 12 heteroatoms. The van der Waals surface area contributed by atoms with Gasteiger partial charge in [0.05, 0.1) is 16.4 Å². The molecule has 2 aromatic carbocycles. The lowest BCUT2D eigenvalue weighted by Gasteiger charge is -2.42. The van der Waals surface area contributed by atoms with Crippen LogP contribution >= 0.6 is 0 Å². The quantitative estimate of drug-likeness (QED) is 0.205. The minimum absolute atomic E-state index is 0.00162. The fourth-order valence-corrected chi connectivity index (χ4v) is 6.54. The third kappa shape index (κ3) is 9.52. The molecule has 1 aliphatic rings. The maximum absolute atomic E-state index is 14.2. The monoisotopic (exact) mass is 646 g/mol. The molecular weight excluding hydrogens is 602 g/mol. The molecule has 1 unspecified atom stereocenters. The highest BCUT2D eigenvalue weighted by Crippen LogP contribution is 2.44. The van der Waals surface area contributed by atoms with Crippen LogP contribution in [-0.4, -0.2) is 62.5 Å². The van der Waals surface area contributed by atoms with Gasteiger partial charge in [0.2, 0.25) is 21.8 Å². The zero-order chi connectivity index (χ0) is 33.4. The molecule has 2 aromatic rings. The largest absolute Gasteiger partial charge is 0.391 e. The van der Waals surface area contributed by atoms with Gasteiger partial charge in [-0.1, -0.05) is 43.7 Å². The Labute approximate surface area is 264 Å². The second-order valence-electron chi connectivity index (χ2n) is 11.7. The molecule has 1 aliphatic carbocycles. The summed E-state index contributed by atoms with van der Waals surface area (Å²) in [5, 5.41) is 19.9. The highest BCUT2D eigenvalue weighted by molar-refractivity contribution is 7.89. The van der Waals surface area contributed by atoms with Crippen LogP contribution in [0.15, 0.2) is 70.7 Å². The normalized spacial score (nSPS) is 18.1. The fourth-order valence-electron chi connectivity index (χ4n) is 6.03. The molecule has 0 saturated heterocycles. The van der Waals surface area contributed by atoms with E-state index in [1.165, 1.54) is 12.1 Å². The number of amides is 2. The first-order valence-corrected chi connectivity index (χ1v) is 16.7. The maximum Gasteiger partial charge on any atom is 0.249 e. The van der Waals surface area contributed by atoms with Crippen LogP contribution < -0.4 is 16.2 Å². The van der Waals surface area contributed by atoms with Gasteiger partial charge in [0, 0.05) is 37.2 Å². The second-order valence-corrected chi connectivity index (χ2v) is 13.3. The summed E-state index contributed by atoms with van der Waals surface area (Å²) in [6, 6.07) is 9.16.